The van der Waals surface area contributed by atoms with Gasteiger partial charge in [-0.25, -0.2) is 8.42 Å². The number of phenolic OH excluding ortho intramolecular Hbond substituents is 1. The maximum Gasteiger partial charge on any atom is 0.201 e. The Hall–Kier alpha value is -1.47. The molecule has 0 aromatic heterocycles. The summed E-state index contributed by atoms with van der Waals surface area (Å²) in [5.41, 5.74) is 0.289. The summed E-state index contributed by atoms with van der Waals surface area (Å²) < 4.78 is 44.9. The molecule has 7 heteroatoms. The summed E-state index contributed by atoms with van der Waals surface area (Å²) in [6, 6.07) is 0. The second-order valence-corrected chi connectivity index (χ2v) is 5.86. The summed E-state index contributed by atoms with van der Waals surface area (Å²) in [7, 11) is -2.14. The lowest BCUT2D eigenvalue weighted by molar-refractivity contribution is 0.330. The van der Waals surface area contributed by atoms with Crippen LogP contribution in [0.5, 0.6) is 17.2 Å². The van der Waals surface area contributed by atoms with Gasteiger partial charge in [0.25, 0.3) is 0 Å². The summed E-state index contributed by atoms with van der Waals surface area (Å²) in [4.78, 5) is -0.377. The van der Waals surface area contributed by atoms with Crippen molar-refractivity contribution >= 4 is 10.1 Å². The molecule has 0 aliphatic rings. The van der Waals surface area contributed by atoms with Crippen LogP contribution >= 0.6 is 0 Å². The van der Waals surface area contributed by atoms with Crippen LogP contribution in [0.1, 0.15) is 37.3 Å². The zero-order chi connectivity index (χ0) is 15.7. The predicted molar refractivity (Wildman–Crippen MR) is 72.6 cm³/mol. The molecule has 0 aliphatic heterocycles. The Balaban J connectivity index is 3.97. The average Bonchev–Trinajstić information content (AvgIpc) is 2.36. The van der Waals surface area contributed by atoms with Crippen LogP contribution in [0.25, 0.3) is 0 Å². The number of hydrogen-bond donors (Lipinski definition) is 1. The zero-order valence-electron chi connectivity index (χ0n) is 12.2. The van der Waals surface area contributed by atoms with Crippen molar-refractivity contribution in [3.63, 3.8) is 0 Å². The van der Waals surface area contributed by atoms with Gasteiger partial charge in [0, 0.05) is 11.1 Å². The molecule has 20 heavy (non-hydrogen) atoms. The summed E-state index contributed by atoms with van der Waals surface area (Å²) in [5.74, 6) is -0.658. The van der Waals surface area contributed by atoms with Gasteiger partial charge in [0.2, 0.25) is 5.75 Å². The third kappa shape index (κ3) is 2.69. The standard InChI is InChI=1S/C13H20O6S/c1-6-7(2)9-12(19-5)10(14)11(18-4)8(3)13(9)20(15,16)17/h7,14H,6H2,1-5H3,(H,15,16,17)/p-1. The van der Waals surface area contributed by atoms with E-state index in [1.165, 1.54) is 21.1 Å². The highest BCUT2D eigenvalue weighted by Gasteiger charge is 2.28. The largest absolute Gasteiger partial charge is 0.744 e. The Labute approximate surface area is 119 Å². The molecule has 1 aromatic carbocycles. The summed E-state index contributed by atoms with van der Waals surface area (Å²) in [5, 5.41) is 10.1. The molecule has 0 bridgehead atoms. The van der Waals surface area contributed by atoms with E-state index in [2.05, 4.69) is 0 Å². The van der Waals surface area contributed by atoms with E-state index in [9.17, 15) is 18.1 Å². The van der Waals surface area contributed by atoms with E-state index >= 15 is 0 Å². The Kier molecular flexibility index (Phi) is 4.88. The van der Waals surface area contributed by atoms with Gasteiger partial charge in [0.15, 0.2) is 11.5 Å². The van der Waals surface area contributed by atoms with Crippen molar-refractivity contribution in [2.75, 3.05) is 14.2 Å². The van der Waals surface area contributed by atoms with Gasteiger partial charge >= 0.3 is 0 Å². The van der Waals surface area contributed by atoms with Crippen molar-refractivity contribution in [2.24, 2.45) is 0 Å². The molecule has 0 amide bonds. The summed E-state index contributed by atoms with van der Waals surface area (Å²) in [6.45, 7) is 5.04. The molecule has 0 fully saturated rings. The second kappa shape index (κ2) is 5.88. The molecule has 1 N–H and O–H groups in total. The van der Waals surface area contributed by atoms with Crippen molar-refractivity contribution in [3.8, 4) is 17.2 Å². The van der Waals surface area contributed by atoms with Crippen LogP contribution in [0.2, 0.25) is 0 Å². The van der Waals surface area contributed by atoms with Gasteiger partial charge in [0.05, 0.1) is 19.1 Å². The van der Waals surface area contributed by atoms with Crippen LogP contribution in [-0.2, 0) is 10.1 Å². The first-order valence-electron chi connectivity index (χ1n) is 6.13. The minimum absolute atomic E-state index is 0.0313. The highest BCUT2D eigenvalue weighted by molar-refractivity contribution is 7.85. The SMILES string of the molecule is CCC(C)c1c(OC)c(O)c(OC)c(C)c1S(=O)(=O)[O-]. The normalized spacial score (nSPS) is 13.1. The van der Waals surface area contributed by atoms with E-state index in [1.54, 1.807) is 6.92 Å². The molecule has 114 valence electrons. The molecule has 1 unspecified atom stereocenters. The number of ether oxygens (including phenoxy) is 2. The fourth-order valence-corrected chi connectivity index (χ4v) is 3.28. The molecule has 1 rings (SSSR count). The minimum atomic E-state index is -4.72. The first-order valence-corrected chi connectivity index (χ1v) is 7.54. The van der Waals surface area contributed by atoms with Crippen molar-refractivity contribution in [3.05, 3.63) is 11.1 Å². The molecule has 6 nitrogen and oxygen atoms in total. The molecular weight excluding hydrogens is 284 g/mol. The van der Waals surface area contributed by atoms with Gasteiger partial charge in [-0.2, -0.15) is 0 Å². The van der Waals surface area contributed by atoms with Gasteiger partial charge in [-0.3, -0.25) is 0 Å². The lowest BCUT2D eigenvalue weighted by Crippen LogP contribution is -2.11. The highest BCUT2D eigenvalue weighted by Crippen LogP contribution is 2.48. The van der Waals surface area contributed by atoms with E-state index < -0.39 is 10.1 Å². The first-order chi connectivity index (χ1) is 9.20. The first kappa shape index (κ1) is 16.6. The quantitative estimate of drug-likeness (QED) is 0.837. The van der Waals surface area contributed by atoms with Gasteiger partial charge < -0.3 is 19.1 Å². The van der Waals surface area contributed by atoms with Gasteiger partial charge in [0.1, 0.15) is 10.1 Å². The van der Waals surface area contributed by atoms with Crippen LogP contribution in [0.4, 0.5) is 0 Å². The van der Waals surface area contributed by atoms with Crippen molar-refractivity contribution in [2.45, 2.75) is 38.0 Å². The van der Waals surface area contributed by atoms with Gasteiger partial charge in [-0.15, -0.1) is 0 Å². The van der Waals surface area contributed by atoms with Crippen molar-refractivity contribution in [1.29, 1.82) is 0 Å². The topological polar surface area (TPSA) is 95.9 Å². The molecule has 0 heterocycles. The van der Waals surface area contributed by atoms with E-state index in [0.717, 1.165) is 0 Å². The van der Waals surface area contributed by atoms with Crippen molar-refractivity contribution in [1.82, 2.24) is 0 Å². The minimum Gasteiger partial charge on any atom is -0.744 e. The third-order valence-corrected chi connectivity index (χ3v) is 4.39. The van der Waals surface area contributed by atoms with E-state index in [-0.39, 0.29) is 39.2 Å². The summed E-state index contributed by atoms with van der Waals surface area (Å²) in [6.07, 6.45) is 0.587. The Morgan fingerprint density at radius 3 is 2.10 bits per heavy atom. The fourth-order valence-electron chi connectivity index (χ4n) is 2.25. The van der Waals surface area contributed by atoms with Gasteiger partial charge in [-0.05, 0) is 19.3 Å². The third-order valence-electron chi connectivity index (χ3n) is 3.36. The molecular formula is C13H19O6S-. The fraction of sp³-hybridized carbons (Fsp3) is 0.538. The smallest absolute Gasteiger partial charge is 0.201 e. The van der Waals surface area contributed by atoms with E-state index in [4.69, 9.17) is 9.47 Å². The van der Waals surface area contributed by atoms with Crippen LogP contribution in [0.3, 0.4) is 0 Å². The molecule has 0 saturated carbocycles. The molecule has 0 saturated heterocycles. The van der Waals surface area contributed by atoms with E-state index in [1.807, 2.05) is 6.92 Å². The lowest BCUT2D eigenvalue weighted by atomic mass is 9.94. The maximum atomic E-state index is 11.6. The number of methoxy groups -OCH3 is 2. The molecule has 0 radical (unpaired) electrons. The summed E-state index contributed by atoms with van der Waals surface area (Å²) >= 11 is 0. The molecule has 0 spiro atoms. The van der Waals surface area contributed by atoms with Gasteiger partial charge in [-0.1, -0.05) is 13.8 Å². The van der Waals surface area contributed by atoms with Crippen molar-refractivity contribution < 1.29 is 27.6 Å². The lowest BCUT2D eigenvalue weighted by Gasteiger charge is -2.25. The van der Waals surface area contributed by atoms with Crippen LogP contribution in [-0.4, -0.2) is 32.3 Å². The average molecular weight is 303 g/mol. The Morgan fingerprint density at radius 2 is 1.75 bits per heavy atom. The molecule has 1 aromatic rings. The molecule has 0 aliphatic carbocycles. The highest BCUT2D eigenvalue weighted by atomic mass is 32.2. The zero-order valence-corrected chi connectivity index (χ0v) is 13.0. The van der Waals surface area contributed by atoms with E-state index in [0.29, 0.717) is 6.42 Å². The second-order valence-electron chi connectivity index (χ2n) is 4.55. The monoisotopic (exact) mass is 303 g/mol. The number of phenols is 1. The predicted octanol–water partition coefficient (Wildman–Crippen LogP) is 2.14. The molecule has 1 atom stereocenters. The van der Waals surface area contributed by atoms with Crippen LogP contribution in [0, 0.1) is 6.92 Å². The van der Waals surface area contributed by atoms with Crippen LogP contribution in [0.15, 0.2) is 4.90 Å². The number of aromatic hydroxyl groups is 1. The number of hydrogen-bond acceptors (Lipinski definition) is 6. The Morgan fingerprint density at radius 1 is 1.25 bits per heavy atom. The Bertz CT molecular complexity index is 606. The maximum absolute atomic E-state index is 11.6. The number of rotatable bonds is 5. The van der Waals surface area contributed by atoms with Crippen LogP contribution < -0.4 is 9.47 Å². The number of benzene rings is 1.